The van der Waals surface area contributed by atoms with Crippen LogP contribution in [0.4, 0.5) is 0 Å². The number of hydrogen-bond acceptors (Lipinski definition) is 5. The fraction of sp³-hybridized carbons (Fsp3) is 0.450. The van der Waals surface area contributed by atoms with Gasteiger partial charge in [0.05, 0.1) is 6.54 Å². The molecule has 1 aliphatic rings. The molecule has 158 valence electrons. The second kappa shape index (κ2) is 12.0. The Morgan fingerprint density at radius 3 is 2.66 bits per heavy atom. The number of aromatic nitrogens is 1. The van der Waals surface area contributed by atoms with Gasteiger partial charge in [-0.2, -0.15) is 0 Å². The number of nitrogens with zero attached hydrogens (tertiary/aromatic N) is 2. The van der Waals surface area contributed by atoms with E-state index in [0.29, 0.717) is 18.3 Å². The zero-order valence-corrected chi connectivity index (χ0v) is 19.9. The summed E-state index contributed by atoms with van der Waals surface area (Å²) in [6.45, 7) is 3.55. The number of guanidine groups is 1. The Bertz CT molecular complexity index is 805. The molecule has 1 amide bonds. The Morgan fingerprint density at radius 1 is 1.28 bits per heavy atom. The second-order valence-corrected chi connectivity index (χ2v) is 8.06. The van der Waals surface area contributed by atoms with Crippen molar-refractivity contribution in [3.8, 4) is 5.75 Å². The molecular formula is C20H28IN5O2S. The number of aliphatic imine (C=N–C) groups is 1. The molecule has 0 unspecified atom stereocenters. The van der Waals surface area contributed by atoms with Crippen LogP contribution in [0.1, 0.15) is 28.3 Å². The maximum atomic E-state index is 11.6. The predicted octanol–water partition coefficient (Wildman–Crippen LogP) is 2.63. The molecular weight excluding hydrogens is 501 g/mol. The van der Waals surface area contributed by atoms with Crippen molar-refractivity contribution < 1.29 is 9.53 Å². The van der Waals surface area contributed by atoms with Crippen LogP contribution >= 0.6 is 35.3 Å². The van der Waals surface area contributed by atoms with E-state index in [1.807, 2.05) is 37.4 Å². The first-order chi connectivity index (χ1) is 13.6. The molecule has 3 N–H and O–H groups in total. The number of rotatable bonds is 9. The highest BCUT2D eigenvalue weighted by atomic mass is 127. The van der Waals surface area contributed by atoms with E-state index in [2.05, 4.69) is 25.9 Å². The molecule has 0 saturated heterocycles. The van der Waals surface area contributed by atoms with E-state index < -0.39 is 0 Å². The summed E-state index contributed by atoms with van der Waals surface area (Å²) < 4.78 is 5.53. The number of amides is 1. The summed E-state index contributed by atoms with van der Waals surface area (Å²) in [4.78, 5) is 21.4. The van der Waals surface area contributed by atoms with Crippen molar-refractivity contribution in [3.63, 3.8) is 0 Å². The molecule has 1 aromatic carbocycles. The number of nitrogens with one attached hydrogen (secondary N) is 3. The normalized spacial score (nSPS) is 13.4. The Kier molecular flexibility index (Phi) is 9.65. The van der Waals surface area contributed by atoms with E-state index in [9.17, 15) is 4.79 Å². The van der Waals surface area contributed by atoms with Crippen molar-refractivity contribution in [3.05, 3.63) is 45.9 Å². The number of halogens is 1. The number of carbonyl (C=O) groups excluding carboxylic acids is 1. The lowest BCUT2D eigenvalue weighted by molar-refractivity contribution is -0.123. The maximum Gasteiger partial charge on any atom is 0.258 e. The van der Waals surface area contributed by atoms with E-state index in [0.717, 1.165) is 36.8 Å². The highest BCUT2D eigenvalue weighted by Crippen LogP contribution is 2.18. The number of hydrogen-bond donors (Lipinski definition) is 3. The van der Waals surface area contributed by atoms with Crippen molar-refractivity contribution in [1.29, 1.82) is 0 Å². The molecule has 0 aliphatic heterocycles. The molecule has 1 saturated carbocycles. The quantitative estimate of drug-likeness (QED) is 0.264. The smallest absolute Gasteiger partial charge is 0.258 e. The molecule has 0 radical (unpaired) electrons. The zero-order chi connectivity index (χ0) is 19.8. The van der Waals surface area contributed by atoms with Crippen molar-refractivity contribution in [1.82, 2.24) is 20.9 Å². The first kappa shape index (κ1) is 23.4. The minimum Gasteiger partial charge on any atom is -0.484 e. The van der Waals surface area contributed by atoms with Gasteiger partial charge in [-0.1, -0.05) is 12.1 Å². The molecule has 0 atom stereocenters. The van der Waals surface area contributed by atoms with Gasteiger partial charge in [0.15, 0.2) is 12.6 Å². The van der Waals surface area contributed by atoms with Gasteiger partial charge in [0.25, 0.3) is 5.91 Å². The van der Waals surface area contributed by atoms with E-state index >= 15 is 0 Å². The fourth-order valence-corrected chi connectivity index (χ4v) is 3.31. The average Bonchev–Trinajstić information content (AvgIpc) is 3.42. The average molecular weight is 529 g/mol. The molecule has 0 bridgehead atoms. The number of carbonyl (C=O) groups is 1. The van der Waals surface area contributed by atoms with Crippen LogP contribution in [0.3, 0.4) is 0 Å². The number of benzene rings is 1. The number of thiazole rings is 1. The topological polar surface area (TPSA) is 87.6 Å². The summed E-state index contributed by atoms with van der Waals surface area (Å²) in [6.07, 6.45) is 4.91. The van der Waals surface area contributed by atoms with E-state index in [-0.39, 0.29) is 36.5 Å². The van der Waals surface area contributed by atoms with Crippen LogP contribution in [-0.2, 0) is 17.8 Å². The van der Waals surface area contributed by atoms with Gasteiger partial charge >= 0.3 is 0 Å². The van der Waals surface area contributed by atoms with Crippen LogP contribution in [0.15, 0.2) is 35.5 Å². The van der Waals surface area contributed by atoms with E-state index in [1.54, 1.807) is 18.4 Å². The van der Waals surface area contributed by atoms with Crippen molar-refractivity contribution in [2.45, 2.75) is 38.8 Å². The number of aryl methyl sites for hydroxylation is 1. The van der Waals surface area contributed by atoms with Gasteiger partial charge < -0.3 is 20.7 Å². The van der Waals surface area contributed by atoms with Gasteiger partial charge in [-0.25, -0.2) is 4.98 Å². The summed E-state index contributed by atoms with van der Waals surface area (Å²) >= 11 is 1.68. The summed E-state index contributed by atoms with van der Waals surface area (Å²) in [6, 6.07) is 8.20. The Morgan fingerprint density at radius 2 is 2.03 bits per heavy atom. The van der Waals surface area contributed by atoms with Crippen LogP contribution < -0.4 is 20.7 Å². The molecule has 7 nitrogen and oxygen atoms in total. The molecule has 2 aromatic rings. The summed E-state index contributed by atoms with van der Waals surface area (Å²) in [5.74, 6) is 1.41. The van der Waals surface area contributed by atoms with Gasteiger partial charge in [0.1, 0.15) is 10.8 Å². The highest BCUT2D eigenvalue weighted by Gasteiger charge is 2.23. The standard InChI is InChI=1S/C20H27N5O2S.HI/c1-14-11-23-19(28-14)12-24-20(21-2)22-10-9-15-3-7-17(8-4-15)27-13-18(26)25-16-5-6-16;/h3-4,7-8,11,16H,5-6,9-10,12-13H2,1-2H3,(H,25,26)(H2,21,22,24);1H. The minimum atomic E-state index is -0.0532. The summed E-state index contributed by atoms with van der Waals surface area (Å²) in [7, 11) is 1.76. The van der Waals surface area contributed by atoms with Crippen LogP contribution in [-0.4, -0.2) is 43.1 Å². The molecule has 3 rings (SSSR count). The van der Waals surface area contributed by atoms with E-state index in [4.69, 9.17) is 4.74 Å². The SMILES string of the molecule is CN=C(NCCc1ccc(OCC(=O)NC2CC2)cc1)NCc1ncc(C)s1.I. The lowest BCUT2D eigenvalue weighted by Crippen LogP contribution is -2.37. The van der Waals surface area contributed by atoms with Crippen LogP contribution in [0.5, 0.6) is 5.75 Å². The van der Waals surface area contributed by atoms with Crippen LogP contribution in [0, 0.1) is 6.92 Å². The largest absolute Gasteiger partial charge is 0.484 e. The molecule has 1 heterocycles. The van der Waals surface area contributed by atoms with Crippen LogP contribution in [0.2, 0.25) is 0 Å². The summed E-state index contributed by atoms with van der Waals surface area (Å²) in [5, 5.41) is 10.5. The predicted molar refractivity (Wildman–Crippen MR) is 127 cm³/mol. The zero-order valence-electron chi connectivity index (χ0n) is 16.7. The Hall–Kier alpha value is -1.88. The summed E-state index contributed by atoms with van der Waals surface area (Å²) in [5.41, 5.74) is 1.19. The Balaban J connectivity index is 0.00000300. The lowest BCUT2D eigenvalue weighted by atomic mass is 10.1. The minimum absolute atomic E-state index is 0. The first-order valence-electron chi connectivity index (χ1n) is 9.49. The van der Waals surface area contributed by atoms with Crippen molar-refractivity contribution >= 4 is 47.2 Å². The van der Waals surface area contributed by atoms with Gasteiger partial charge in [-0.15, -0.1) is 35.3 Å². The second-order valence-electron chi connectivity index (χ2n) is 6.74. The molecule has 0 spiro atoms. The third kappa shape index (κ3) is 8.57. The molecule has 1 aliphatic carbocycles. The number of ether oxygens (including phenoxy) is 1. The van der Waals surface area contributed by atoms with Gasteiger partial charge in [-0.3, -0.25) is 9.79 Å². The van der Waals surface area contributed by atoms with Gasteiger partial charge in [0, 0.05) is 30.7 Å². The highest BCUT2D eigenvalue weighted by molar-refractivity contribution is 14.0. The van der Waals surface area contributed by atoms with Gasteiger partial charge in [-0.05, 0) is 43.9 Å². The molecule has 1 fully saturated rings. The van der Waals surface area contributed by atoms with Crippen molar-refractivity contribution in [2.24, 2.45) is 4.99 Å². The van der Waals surface area contributed by atoms with Crippen molar-refractivity contribution in [2.75, 3.05) is 20.2 Å². The maximum absolute atomic E-state index is 11.6. The third-order valence-corrected chi connectivity index (χ3v) is 5.15. The fourth-order valence-electron chi connectivity index (χ4n) is 2.59. The molecule has 9 heteroatoms. The molecule has 1 aromatic heterocycles. The first-order valence-corrected chi connectivity index (χ1v) is 10.3. The van der Waals surface area contributed by atoms with Gasteiger partial charge in [0.2, 0.25) is 0 Å². The third-order valence-electron chi connectivity index (χ3n) is 4.24. The molecule has 29 heavy (non-hydrogen) atoms. The van der Waals surface area contributed by atoms with Crippen LogP contribution in [0.25, 0.3) is 0 Å². The van der Waals surface area contributed by atoms with E-state index in [1.165, 1.54) is 10.4 Å². The lowest BCUT2D eigenvalue weighted by Gasteiger charge is -2.11. The monoisotopic (exact) mass is 529 g/mol. The Labute approximate surface area is 192 Å².